The number of amides is 1. The molecule has 3 rings (SSSR count). The van der Waals surface area contributed by atoms with Crippen LogP contribution in [0.1, 0.15) is 38.3 Å². The fourth-order valence-electron chi connectivity index (χ4n) is 2.93. The second-order valence-electron chi connectivity index (χ2n) is 6.60. The van der Waals surface area contributed by atoms with E-state index in [1.807, 2.05) is 0 Å². The van der Waals surface area contributed by atoms with E-state index in [1.165, 1.54) is 19.3 Å². The molecule has 1 N–H and O–H groups in total. The number of halogens is 2. The van der Waals surface area contributed by atoms with E-state index in [0.717, 1.165) is 11.3 Å². The molecule has 0 atom stereocenters. The number of benzene rings is 1. The Morgan fingerprint density at radius 1 is 1.15 bits per heavy atom. The van der Waals surface area contributed by atoms with Gasteiger partial charge >= 0.3 is 11.9 Å². The first-order chi connectivity index (χ1) is 15.8. The van der Waals surface area contributed by atoms with E-state index in [-0.39, 0.29) is 22.0 Å². The third-order valence-corrected chi connectivity index (χ3v) is 6.48. The van der Waals surface area contributed by atoms with Crippen molar-refractivity contribution in [3.63, 3.8) is 0 Å². The zero-order valence-electron chi connectivity index (χ0n) is 17.9. The third-order valence-electron chi connectivity index (χ3n) is 4.48. The van der Waals surface area contributed by atoms with Crippen molar-refractivity contribution in [2.45, 2.75) is 13.8 Å². The maximum absolute atomic E-state index is 12.5. The SMILES string of the molecule is CCOC(=O)c1c(NC(=O)C=Cc2ccc(-c3cccc(Cl)c3Cl)o2)sc(C(=O)OC)c1C. The van der Waals surface area contributed by atoms with Gasteiger partial charge in [0.15, 0.2) is 0 Å². The minimum absolute atomic E-state index is 0.111. The highest BCUT2D eigenvalue weighted by molar-refractivity contribution is 7.18. The van der Waals surface area contributed by atoms with Gasteiger partial charge in [0, 0.05) is 11.6 Å². The molecule has 1 amide bonds. The van der Waals surface area contributed by atoms with Crippen LogP contribution in [0.3, 0.4) is 0 Å². The van der Waals surface area contributed by atoms with Gasteiger partial charge in [-0.25, -0.2) is 9.59 Å². The molecule has 1 aromatic carbocycles. The number of ether oxygens (including phenoxy) is 2. The van der Waals surface area contributed by atoms with Crippen molar-refractivity contribution in [1.82, 2.24) is 0 Å². The summed E-state index contributed by atoms with van der Waals surface area (Å²) in [6.45, 7) is 3.40. The second kappa shape index (κ2) is 10.7. The van der Waals surface area contributed by atoms with Crippen molar-refractivity contribution in [1.29, 1.82) is 0 Å². The minimum atomic E-state index is -0.644. The average Bonchev–Trinajstić information content (AvgIpc) is 3.38. The molecule has 0 aliphatic rings. The van der Waals surface area contributed by atoms with Crippen LogP contribution in [0.2, 0.25) is 10.0 Å². The zero-order chi connectivity index (χ0) is 24.1. The predicted octanol–water partition coefficient (Wildman–Crippen LogP) is 6.24. The van der Waals surface area contributed by atoms with Crippen LogP contribution < -0.4 is 5.32 Å². The van der Waals surface area contributed by atoms with Crippen LogP contribution in [0.25, 0.3) is 17.4 Å². The van der Waals surface area contributed by atoms with Gasteiger partial charge in [-0.05, 0) is 49.8 Å². The van der Waals surface area contributed by atoms with E-state index >= 15 is 0 Å². The standard InChI is InChI=1S/C23H19Cl2NO6S/c1-4-31-22(28)18-12(2)20(23(29)30-3)33-21(18)26-17(27)11-9-13-8-10-16(32-13)14-6-5-7-15(24)19(14)25/h5-11H,4H2,1-3H3,(H,26,27). The summed E-state index contributed by atoms with van der Waals surface area (Å²) in [6.07, 6.45) is 2.70. The summed E-state index contributed by atoms with van der Waals surface area (Å²) in [5.74, 6) is -0.892. The summed E-state index contributed by atoms with van der Waals surface area (Å²) in [7, 11) is 1.24. The molecule has 10 heteroatoms. The number of rotatable bonds is 7. The monoisotopic (exact) mass is 507 g/mol. The molecule has 0 saturated carbocycles. The maximum atomic E-state index is 12.5. The second-order valence-corrected chi connectivity index (χ2v) is 8.40. The average molecular weight is 508 g/mol. The van der Waals surface area contributed by atoms with Gasteiger partial charge in [-0.2, -0.15) is 0 Å². The molecule has 7 nitrogen and oxygen atoms in total. The van der Waals surface area contributed by atoms with Crippen molar-refractivity contribution in [2.24, 2.45) is 0 Å². The Labute approximate surface area is 203 Å². The van der Waals surface area contributed by atoms with E-state index in [2.05, 4.69) is 5.32 Å². The van der Waals surface area contributed by atoms with Crippen molar-refractivity contribution in [3.05, 3.63) is 68.2 Å². The van der Waals surface area contributed by atoms with E-state index in [4.69, 9.17) is 37.1 Å². The van der Waals surface area contributed by atoms with Crippen molar-refractivity contribution >= 4 is 63.5 Å². The van der Waals surface area contributed by atoms with Gasteiger partial charge in [0.1, 0.15) is 21.4 Å². The van der Waals surface area contributed by atoms with Crippen LogP contribution in [0.5, 0.6) is 0 Å². The molecule has 2 aromatic heterocycles. The number of carbonyl (C=O) groups is 3. The topological polar surface area (TPSA) is 94.8 Å². The molecule has 0 aliphatic carbocycles. The lowest BCUT2D eigenvalue weighted by atomic mass is 10.1. The molecule has 0 saturated heterocycles. The summed E-state index contributed by atoms with van der Waals surface area (Å²) in [5.41, 5.74) is 1.11. The molecule has 3 aromatic rings. The van der Waals surface area contributed by atoms with Gasteiger partial charge < -0.3 is 19.2 Å². The quantitative estimate of drug-likeness (QED) is 0.300. The molecule has 0 aliphatic heterocycles. The number of methoxy groups -OCH3 is 1. The molecular formula is C23H19Cl2NO6S. The molecule has 0 spiro atoms. The smallest absolute Gasteiger partial charge is 0.348 e. The molecule has 172 valence electrons. The van der Waals surface area contributed by atoms with Crippen molar-refractivity contribution in [2.75, 3.05) is 19.0 Å². The lowest BCUT2D eigenvalue weighted by Crippen LogP contribution is -2.12. The number of hydrogen-bond donors (Lipinski definition) is 1. The number of furan rings is 1. The fraction of sp³-hybridized carbons (Fsp3) is 0.174. The lowest BCUT2D eigenvalue weighted by Gasteiger charge is -2.05. The number of esters is 2. The van der Waals surface area contributed by atoms with Crippen LogP contribution in [-0.4, -0.2) is 31.6 Å². The third kappa shape index (κ3) is 5.47. The van der Waals surface area contributed by atoms with Crippen LogP contribution >= 0.6 is 34.5 Å². The van der Waals surface area contributed by atoms with E-state index in [1.54, 1.807) is 44.2 Å². The van der Waals surface area contributed by atoms with Gasteiger partial charge in [0.2, 0.25) is 5.91 Å². The number of thiophene rings is 1. The van der Waals surface area contributed by atoms with Crippen LogP contribution in [-0.2, 0) is 14.3 Å². The Balaban J connectivity index is 1.81. The van der Waals surface area contributed by atoms with E-state index in [9.17, 15) is 14.4 Å². The molecule has 2 heterocycles. The Morgan fingerprint density at radius 3 is 2.61 bits per heavy atom. The normalized spacial score (nSPS) is 10.9. The predicted molar refractivity (Wildman–Crippen MR) is 128 cm³/mol. The summed E-state index contributed by atoms with van der Waals surface area (Å²) >= 11 is 13.2. The van der Waals surface area contributed by atoms with Gasteiger partial charge in [-0.15, -0.1) is 11.3 Å². The van der Waals surface area contributed by atoms with Gasteiger partial charge in [-0.1, -0.05) is 29.3 Å². The maximum Gasteiger partial charge on any atom is 0.348 e. The Bertz CT molecular complexity index is 1240. The summed E-state index contributed by atoms with van der Waals surface area (Å²) in [6, 6.07) is 8.57. The van der Waals surface area contributed by atoms with Crippen LogP contribution in [0, 0.1) is 6.92 Å². The number of hydrogen-bond acceptors (Lipinski definition) is 7. The Hall–Kier alpha value is -3.07. The fourth-order valence-corrected chi connectivity index (χ4v) is 4.44. The van der Waals surface area contributed by atoms with Crippen molar-refractivity contribution < 1.29 is 28.3 Å². The van der Waals surface area contributed by atoms with Gasteiger partial charge in [0.25, 0.3) is 0 Å². The molecule has 33 heavy (non-hydrogen) atoms. The highest BCUT2D eigenvalue weighted by Crippen LogP contribution is 2.35. The highest BCUT2D eigenvalue weighted by atomic mass is 35.5. The van der Waals surface area contributed by atoms with Gasteiger partial charge in [-0.3, -0.25) is 4.79 Å². The first kappa shape index (κ1) is 24.6. The number of nitrogens with one attached hydrogen (secondary N) is 1. The highest BCUT2D eigenvalue weighted by Gasteiger charge is 2.26. The molecule has 0 radical (unpaired) electrons. The molecule has 0 fully saturated rings. The number of carbonyl (C=O) groups excluding carboxylic acids is 3. The first-order valence-electron chi connectivity index (χ1n) is 9.68. The number of anilines is 1. The summed E-state index contributed by atoms with van der Waals surface area (Å²) in [5, 5.41) is 3.57. The Kier molecular flexibility index (Phi) is 7.97. The van der Waals surface area contributed by atoms with E-state index in [0.29, 0.717) is 32.7 Å². The van der Waals surface area contributed by atoms with Gasteiger partial charge in [0.05, 0.1) is 29.3 Å². The minimum Gasteiger partial charge on any atom is -0.465 e. The molecule has 0 unspecified atom stereocenters. The summed E-state index contributed by atoms with van der Waals surface area (Å²) in [4.78, 5) is 37.1. The largest absolute Gasteiger partial charge is 0.465 e. The van der Waals surface area contributed by atoms with E-state index < -0.39 is 17.8 Å². The Morgan fingerprint density at radius 2 is 1.91 bits per heavy atom. The molecule has 0 bridgehead atoms. The molecular weight excluding hydrogens is 489 g/mol. The van der Waals surface area contributed by atoms with Crippen LogP contribution in [0.4, 0.5) is 5.00 Å². The zero-order valence-corrected chi connectivity index (χ0v) is 20.2. The van der Waals surface area contributed by atoms with Crippen LogP contribution in [0.15, 0.2) is 40.8 Å². The first-order valence-corrected chi connectivity index (χ1v) is 11.3. The summed E-state index contributed by atoms with van der Waals surface area (Å²) < 4.78 is 15.5. The van der Waals surface area contributed by atoms with Crippen molar-refractivity contribution in [3.8, 4) is 11.3 Å². The lowest BCUT2D eigenvalue weighted by molar-refractivity contribution is -0.111.